The molecule has 2 aromatic carbocycles. The van der Waals surface area contributed by atoms with Gasteiger partial charge in [-0.2, -0.15) is 5.10 Å². The number of β-amino-alcohol motifs (C(OH)–C–C–N with tert-alkyl or cyclic N) is 1. The number of hydrogen-bond acceptors (Lipinski definition) is 7. The van der Waals surface area contributed by atoms with E-state index in [1.807, 2.05) is 43.3 Å². The summed E-state index contributed by atoms with van der Waals surface area (Å²) in [6.45, 7) is 9.46. The minimum absolute atomic E-state index is 0.229. The largest absolute Gasteiger partial charge is 0.497 e. The van der Waals surface area contributed by atoms with E-state index < -0.39 is 0 Å². The highest BCUT2D eigenvalue weighted by Gasteiger charge is 2.40. The van der Waals surface area contributed by atoms with Crippen molar-refractivity contribution in [3.8, 4) is 5.75 Å². The number of nitrogens with two attached hydrogens (primary N) is 1. The van der Waals surface area contributed by atoms with Gasteiger partial charge >= 0.3 is 0 Å². The van der Waals surface area contributed by atoms with Gasteiger partial charge in [0.25, 0.3) is 0 Å². The van der Waals surface area contributed by atoms with Gasteiger partial charge in [0.05, 0.1) is 19.4 Å². The van der Waals surface area contributed by atoms with Crippen LogP contribution in [0.2, 0.25) is 0 Å². The number of ether oxygens (including phenoxy) is 1. The fourth-order valence-corrected chi connectivity index (χ4v) is 4.94. The number of hydrazone groups is 1. The van der Waals surface area contributed by atoms with E-state index >= 15 is 0 Å². The van der Waals surface area contributed by atoms with Crippen LogP contribution >= 0.6 is 0 Å². The number of nitrogens with zero attached hydrogens (tertiary/aromatic N) is 4. The summed E-state index contributed by atoms with van der Waals surface area (Å²) in [6.07, 6.45) is 3.82. The first-order valence-electron chi connectivity index (χ1n) is 12.3. The molecule has 36 heavy (non-hydrogen) atoms. The van der Waals surface area contributed by atoms with Crippen LogP contribution in [0.4, 0.5) is 5.69 Å². The lowest BCUT2D eigenvalue weighted by Crippen LogP contribution is -2.59. The standard InChI is InChI=1S/C28H39N5O3/c1-22(17-30-29)25-8-10-26(11-9-25)33(21-34)20-28(12-14-32(15-13-28)18-23(2)35)31(3)19-24-6-5-7-27(16-24)36-4/h5-11,16-17,21,23,35H,1,12-15,18-20,29H2,2-4H3/b30-17-. The molecule has 0 aliphatic carbocycles. The van der Waals surface area contributed by atoms with E-state index in [-0.39, 0.29) is 11.6 Å². The van der Waals surface area contributed by atoms with Crippen LogP contribution in [0.15, 0.2) is 60.2 Å². The SMILES string of the molecule is C=C(/C=N\N)c1ccc(N(C=O)CC2(N(C)Cc3cccc(OC)c3)CCN(CC(C)O)CC2)cc1. The molecule has 1 fully saturated rings. The third-order valence-electron chi connectivity index (χ3n) is 7.06. The van der Waals surface area contributed by atoms with Crippen LogP contribution in [-0.4, -0.2) is 79.5 Å². The number of likely N-dealkylation sites (N-methyl/N-ethyl adjacent to an activating group) is 1. The summed E-state index contributed by atoms with van der Waals surface area (Å²) >= 11 is 0. The highest BCUT2D eigenvalue weighted by molar-refractivity contribution is 6.08. The van der Waals surface area contributed by atoms with Crippen LogP contribution in [0.5, 0.6) is 5.75 Å². The maximum Gasteiger partial charge on any atom is 0.214 e. The van der Waals surface area contributed by atoms with Crippen molar-refractivity contribution in [3.05, 3.63) is 66.2 Å². The lowest BCUT2D eigenvalue weighted by Gasteiger charge is -2.49. The molecule has 0 spiro atoms. The minimum Gasteiger partial charge on any atom is -0.497 e. The zero-order valence-electron chi connectivity index (χ0n) is 21.6. The number of benzene rings is 2. The van der Waals surface area contributed by atoms with Crippen molar-refractivity contribution in [1.29, 1.82) is 0 Å². The van der Waals surface area contributed by atoms with E-state index in [1.54, 1.807) is 12.0 Å². The molecule has 0 bridgehead atoms. The average Bonchev–Trinajstić information content (AvgIpc) is 2.88. The van der Waals surface area contributed by atoms with Crippen LogP contribution in [0.25, 0.3) is 5.57 Å². The van der Waals surface area contributed by atoms with E-state index in [4.69, 9.17) is 10.6 Å². The van der Waals surface area contributed by atoms with Crippen molar-refractivity contribution >= 4 is 23.9 Å². The first-order valence-corrected chi connectivity index (χ1v) is 12.3. The maximum absolute atomic E-state index is 12.3. The number of aliphatic hydroxyl groups is 1. The fraction of sp³-hybridized carbons (Fsp3) is 0.429. The average molecular weight is 494 g/mol. The first-order chi connectivity index (χ1) is 17.3. The summed E-state index contributed by atoms with van der Waals surface area (Å²) < 4.78 is 5.41. The number of rotatable bonds is 12. The number of allylic oxidation sites excluding steroid dienone is 1. The van der Waals surface area contributed by atoms with Crippen LogP contribution in [0.1, 0.15) is 30.9 Å². The monoisotopic (exact) mass is 493 g/mol. The Hall–Kier alpha value is -3.20. The molecule has 2 aromatic rings. The van der Waals surface area contributed by atoms with Gasteiger partial charge in [0.2, 0.25) is 6.41 Å². The fourth-order valence-electron chi connectivity index (χ4n) is 4.94. The number of hydrogen-bond donors (Lipinski definition) is 2. The normalized spacial score (nSPS) is 16.7. The Morgan fingerprint density at radius 3 is 2.56 bits per heavy atom. The molecule has 1 amide bonds. The summed E-state index contributed by atoms with van der Waals surface area (Å²) in [6, 6.07) is 15.8. The number of piperidine rings is 1. The number of methoxy groups -OCH3 is 1. The Morgan fingerprint density at radius 2 is 1.97 bits per heavy atom. The quantitative estimate of drug-likeness (QED) is 0.204. The molecule has 3 N–H and O–H groups in total. The highest BCUT2D eigenvalue weighted by Crippen LogP contribution is 2.32. The van der Waals surface area contributed by atoms with Gasteiger partial charge in [0, 0.05) is 44.0 Å². The van der Waals surface area contributed by atoms with Crippen LogP contribution in [-0.2, 0) is 11.3 Å². The van der Waals surface area contributed by atoms with Crippen molar-refractivity contribution in [1.82, 2.24) is 9.80 Å². The molecule has 1 unspecified atom stereocenters. The molecule has 3 rings (SSSR count). The van der Waals surface area contributed by atoms with Crippen molar-refractivity contribution < 1.29 is 14.6 Å². The van der Waals surface area contributed by atoms with Gasteiger partial charge in [-0.05, 0) is 67.8 Å². The summed E-state index contributed by atoms with van der Waals surface area (Å²) in [5, 5.41) is 13.4. The Bertz CT molecular complexity index is 1030. The molecule has 1 heterocycles. The van der Waals surface area contributed by atoms with Crippen LogP contribution in [0.3, 0.4) is 0 Å². The lowest BCUT2D eigenvalue weighted by molar-refractivity contribution is -0.108. The second-order valence-corrected chi connectivity index (χ2v) is 9.67. The van der Waals surface area contributed by atoms with Gasteiger partial charge in [-0.3, -0.25) is 9.69 Å². The Labute approximate surface area is 214 Å². The molecule has 1 aliphatic heterocycles. The Balaban J connectivity index is 1.84. The predicted octanol–water partition coefficient (Wildman–Crippen LogP) is 2.96. The molecule has 0 aromatic heterocycles. The Kier molecular flexibility index (Phi) is 9.64. The van der Waals surface area contributed by atoms with Crippen molar-refractivity contribution in [2.24, 2.45) is 10.9 Å². The molecule has 0 radical (unpaired) electrons. The minimum atomic E-state index is -0.365. The smallest absolute Gasteiger partial charge is 0.214 e. The number of amides is 1. The number of aliphatic hydroxyl groups excluding tert-OH is 1. The molecule has 1 atom stereocenters. The van der Waals surface area contributed by atoms with E-state index in [9.17, 15) is 9.90 Å². The van der Waals surface area contributed by atoms with Gasteiger partial charge in [-0.1, -0.05) is 30.8 Å². The van der Waals surface area contributed by atoms with Crippen LogP contribution < -0.4 is 15.5 Å². The number of carbonyl (C=O) groups is 1. The predicted molar refractivity (Wildman–Crippen MR) is 146 cm³/mol. The topological polar surface area (TPSA) is 94.6 Å². The molecule has 194 valence electrons. The molecule has 8 nitrogen and oxygen atoms in total. The molecule has 8 heteroatoms. The van der Waals surface area contributed by atoms with E-state index in [0.29, 0.717) is 18.7 Å². The maximum atomic E-state index is 12.3. The highest BCUT2D eigenvalue weighted by atomic mass is 16.5. The number of anilines is 1. The summed E-state index contributed by atoms with van der Waals surface area (Å²) in [7, 11) is 3.81. The van der Waals surface area contributed by atoms with Gasteiger partial charge in [-0.15, -0.1) is 0 Å². The van der Waals surface area contributed by atoms with E-state index in [0.717, 1.165) is 61.4 Å². The molecular formula is C28H39N5O3. The molecule has 1 saturated heterocycles. The van der Waals surface area contributed by atoms with E-state index in [2.05, 4.69) is 40.7 Å². The van der Waals surface area contributed by atoms with E-state index in [1.165, 1.54) is 6.21 Å². The summed E-state index contributed by atoms with van der Waals surface area (Å²) in [4.78, 5) is 18.8. The molecule has 1 aliphatic rings. The second kappa shape index (κ2) is 12.7. The summed E-state index contributed by atoms with van der Waals surface area (Å²) in [5.41, 5.74) is 3.36. The third kappa shape index (κ3) is 6.94. The van der Waals surface area contributed by atoms with Gasteiger partial charge in [-0.25, -0.2) is 0 Å². The zero-order chi connectivity index (χ0) is 26.1. The van der Waals surface area contributed by atoms with Crippen LogP contribution in [0, 0.1) is 0 Å². The number of likely N-dealkylation sites (tertiary alicyclic amines) is 1. The van der Waals surface area contributed by atoms with Gasteiger partial charge < -0.3 is 25.5 Å². The van der Waals surface area contributed by atoms with Crippen molar-refractivity contribution in [2.45, 2.75) is 38.0 Å². The van der Waals surface area contributed by atoms with Crippen molar-refractivity contribution in [2.75, 3.05) is 45.2 Å². The zero-order valence-corrected chi connectivity index (χ0v) is 21.6. The summed E-state index contributed by atoms with van der Waals surface area (Å²) in [5.74, 6) is 6.08. The Morgan fingerprint density at radius 1 is 1.28 bits per heavy atom. The third-order valence-corrected chi connectivity index (χ3v) is 7.06. The van der Waals surface area contributed by atoms with Gasteiger partial charge in [0.1, 0.15) is 5.75 Å². The second-order valence-electron chi connectivity index (χ2n) is 9.67. The van der Waals surface area contributed by atoms with Crippen molar-refractivity contribution in [3.63, 3.8) is 0 Å². The molecular weight excluding hydrogens is 454 g/mol. The lowest BCUT2D eigenvalue weighted by atomic mass is 9.84. The first kappa shape index (κ1) is 27.4. The molecule has 0 saturated carbocycles. The number of carbonyl (C=O) groups excluding carboxylic acids is 1. The van der Waals surface area contributed by atoms with Gasteiger partial charge in [0.15, 0.2) is 0 Å².